The molecule has 0 bridgehead atoms. The van der Waals surface area contributed by atoms with E-state index in [2.05, 4.69) is 11.9 Å². The topological polar surface area (TPSA) is 43.1 Å². The summed E-state index contributed by atoms with van der Waals surface area (Å²) < 4.78 is 302. The molecule has 0 aliphatic carbocycles. The highest BCUT2D eigenvalue weighted by molar-refractivity contribution is 7.20. The molecule has 0 spiro atoms. The van der Waals surface area contributed by atoms with E-state index in [9.17, 15) is 57.5 Å². The normalized spacial score (nSPS) is 11.6. The summed E-state index contributed by atoms with van der Waals surface area (Å²) in [7, 11) is 0. The molecule has 4 nitrogen and oxygen atoms in total. The van der Waals surface area contributed by atoms with E-state index in [1.54, 1.807) is 24.8 Å². The third-order valence-electron chi connectivity index (χ3n) is 13.2. The number of rotatable bonds is 25. The van der Waals surface area contributed by atoms with Crippen LogP contribution in [0.5, 0.6) is 5.75 Å². The van der Waals surface area contributed by atoms with Crippen molar-refractivity contribution in [3.05, 3.63) is 171 Å². The highest BCUT2D eigenvalue weighted by Crippen LogP contribution is 2.31. The Hall–Kier alpha value is -6.69. The number of halogens is 20. The van der Waals surface area contributed by atoms with Gasteiger partial charge in [-0.05, 0) is 30.7 Å². The predicted octanol–water partition coefficient (Wildman–Crippen LogP) is 13.7. The summed E-state index contributed by atoms with van der Waals surface area (Å²) in [6.07, 6.45) is 21.8. The Bertz CT molecular complexity index is 2710. The van der Waals surface area contributed by atoms with Crippen molar-refractivity contribution in [2.45, 2.75) is 116 Å². The van der Waals surface area contributed by atoms with Crippen LogP contribution in [0.4, 0.5) is 87.8 Å². The molecular weight excluding hydrogens is 1100 g/mol. The van der Waals surface area contributed by atoms with Gasteiger partial charge < -0.3 is 4.74 Å². The molecule has 428 valence electrons. The van der Waals surface area contributed by atoms with Gasteiger partial charge in [0.1, 0.15) is 58.4 Å². The van der Waals surface area contributed by atoms with E-state index in [0.717, 1.165) is 18.8 Å². The third-order valence-corrected chi connectivity index (χ3v) is 13.2. The number of hydrogen-bond donors (Lipinski definition) is 0. The molecule has 0 aliphatic heterocycles. The zero-order valence-corrected chi connectivity index (χ0v) is 41.7. The monoisotopic (exact) mass is 1150 g/mol. The Morgan fingerprint density at radius 1 is 0.380 bits per heavy atom. The maximum absolute atomic E-state index is 15.4. The molecule has 25 heteroatoms. The van der Waals surface area contributed by atoms with Gasteiger partial charge in [-0.1, -0.05) is 103 Å². The summed E-state index contributed by atoms with van der Waals surface area (Å²) in [5.74, 6) is -70.5. The molecule has 0 aliphatic rings. The van der Waals surface area contributed by atoms with Crippen molar-refractivity contribution in [3.8, 4) is 5.75 Å². The molecule has 6 rings (SSSR count). The largest absolute Gasteiger partial charge is 0.494 e. The lowest BCUT2D eigenvalue weighted by atomic mass is 9.12. The van der Waals surface area contributed by atoms with Crippen LogP contribution in [-0.4, -0.2) is 23.5 Å². The molecule has 1 aromatic heterocycles. The zero-order chi connectivity index (χ0) is 58.5. The molecule has 0 unspecified atom stereocenters. The summed E-state index contributed by atoms with van der Waals surface area (Å²) in [4.78, 5) is 16.3. The van der Waals surface area contributed by atoms with E-state index in [1.165, 1.54) is 96.3 Å². The number of Topliss-reactive ketones (excluding diaryl/α,β-unsaturated/α-hetero) is 1. The van der Waals surface area contributed by atoms with Gasteiger partial charge in [-0.25, -0.2) is 87.8 Å². The maximum Gasteiger partial charge on any atom is 0.227 e. The quantitative estimate of drug-likeness (QED) is 0.0109. The first-order chi connectivity index (χ1) is 37.5. The van der Waals surface area contributed by atoms with E-state index in [4.69, 9.17) is 4.74 Å². The minimum Gasteiger partial charge on any atom is -0.494 e. The van der Waals surface area contributed by atoms with Crippen molar-refractivity contribution in [1.82, 2.24) is 4.98 Å². The second-order valence-electron chi connectivity index (χ2n) is 18.3. The molecule has 0 atom stereocenters. The van der Waals surface area contributed by atoms with Crippen molar-refractivity contribution < 1.29 is 102 Å². The first kappa shape index (κ1) is 63.1. The van der Waals surface area contributed by atoms with Crippen LogP contribution in [0, 0.1) is 116 Å². The minimum atomic E-state index is -7.22. The fourth-order valence-corrected chi connectivity index (χ4v) is 9.16. The van der Waals surface area contributed by atoms with Gasteiger partial charge in [-0.3, -0.25) is 9.78 Å². The fourth-order valence-electron chi connectivity index (χ4n) is 9.16. The molecular formula is C54H47BF20N2O2. The van der Waals surface area contributed by atoms with E-state index in [1.807, 2.05) is 28.8 Å². The number of unbranched alkanes of at least 4 members (excludes halogenated alkanes) is 15. The fraction of sp³-hybridized carbons (Fsp3) is 0.352. The van der Waals surface area contributed by atoms with Crippen molar-refractivity contribution in [2.24, 2.45) is 0 Å². The lowest BCUT2D eigenvalue weighted by molar-refractivity contribution is -0.683. The Balaban J connectivity index is 0.000000303. The minimum absolute atomic E-state index is 0.0838. The standard InChI is InChI=1S/C30H47N2O2.C24BF20/c1-2-3-4-5-6-7-8-9-10-11-12-13-14-15-16-17-26-34-29-20-18-28(19-21-29)30(33)27-32-24-22-31-23-25-32;26-5-1(6(27)14(35)21(42)13(5)34)25(2-7(28)15(36)22(43)16(37)8(2)29,3-9(30)17(38)23(44)18(39)10(3)31)4-11(32)19(40)24(45)20(41)12(4)33/h18-25H,2-17,26-27H2,1H3;/q+1;-1. The maximum atomic E-state index is 15.4. The van der Waals surface area contributed by atoms with E-state index in [0.29, 0.717) is 12.1 Å². The predicted molar refractivity (Wildman–Crippen MR) is 249 cm³/mol. The molecule has 1 heterocycles. The molecule has 5 aromatic carbocycles. The summed E-state index contributed by atoms with van der Waals surface area (Å²) >= 11 is 0. The molecule has 6 aromatic rings. The summed E-state index contributed by atoms with van der Waals surface area (Å²) in [6.45, 7) is 3.35. The molecule has 0 saturated carbocycles. The Morgan fingerprint density at radius 2 is 0.633 bits per heavy atom. The SMILES string of the molecule is CCCCCCCCCCCCCCCCCCOc1ccc(C(=O)C[n+]2ccncc2)cc1.Fc1c(F)c(F)c([B-](c2c(F)c(F)c(F)c(F)c2F)(c2c(F)c(F)c(F)c(F)c2F)c2c(F)c(F)c(F)c(F)c2F)c(F)c1F. The van der Waals surface area contributed by atoms with Gasteiger partial charge in [-0.2, -0.15) is 4.57 Å². The summed E-state index contributed by atoms with van der Waals surface area (Å²) in [5, 5.41) is 0. The van der Waals surface area contributed by atoms with Crippen LogP contribution in [0.1, 0.15) is 120 Å². The number of carbonyl (C=O) groups excluding carboxylic acids is 1. The van der Waals surface area contributed by atoms with Crippen LogP contribution < -0.4 is 31.2 Å². The number of aromatic nitrogens is 2. The molecule has 0 N–H and O–H groups in total. The van der Waals surface area contributed by atoms with Gasteiger partial charge in [0.2, 0.25) is 12.3 Å². The number of ketones is 1. The first-order valence-electron chi connectivity index (χ1n) is 24.8. The van der Waals surface area contributed by atoms with Crippen LogP contribution in [0.2, 0.25) is 0 Å². The van der Waals surface area contributed by atoms with Crippen molar-refractivity contribution in [3.63, 3.8) is 0 Å². The van der Waals surface area contributed by atoms with Gasteiger partial charge in [0.15, 0.2) is 82.2 Å². The van der Waals surface area contributed by atoms with E-state index < -0.39 is 144 Å². The average Bonchev–Trinajstić information content (AvgIpc) is 3.25. The van der Waals surface area contributed by atoms with Crippen molar-refractivity contribution >= 4 is 33.8 Å². The van der Waals surface area contributed by atoms with Gasteiger partial charge in [0.25, 0.3) is 0 Å². The number of carbonyl (C=O) groups is 1. The Kier molecular flexibility index (Phi) is 22.7. The van der Waals surface area contributed by atoms with E-state index >= 15 is 35.1 Å². The number of benzene rings is 5. The van der Waals surface area contributed by atoms with Crippen molar-refractivity contribution in [1.29, 1.82) is 0 Å². The van der Waals surface area contributed by atoms with Crippen LogP contribution in [0.25, 0.3) is 0 Å². The molecule has 0 radical (unpaired) electrons. The van der Waals surface area contributed by atoms with Crippen LogP contribution >= 0.6 is 0 Å². The smallest absolute Gasteiger partial charge is 0.227 e. The Labute approximate surface area is 439 Å². The van der Waals surface area contributed by atoms with Gasteiger partial charge in [0, 0.05) is 5.56 Å². The second kappa shape index (κ2) is 28.5. The van der Waals surface area contributed by atoms with Gasteiger partial charge in [0.05, 0.1) is 19.0 Å². The second-order valence-corrected chi connectivity index (χ2v) is 18.3. The van der Waals surface area contributed by atoms with Crippen LogP contribution in [0.3, 0.4) is 0 Å². The van der Waals surface area contributed by atoms with Crippen LogP contribution in [-0.2, 0) is 6.54 Å². The highest BCUT2D eigenvalue weighted by atomic mass is 19.2. The zero-order valence-electron chi connectivity index (χ0n) is 41.7. The first-order valence-corrected chi connectivity index (χ1v) is 24.8. The van der Waals surface area contributed by atoms with Gasteiger partial charge in [-0.15, -0.1) is 21.9 Å². The lowest BCUT2D eigenvalue weighted by Crippen LogP contribution is -2.81. The van der Waals surface area contributed by atoms with Crippen molar-refractivity contribution in [2.75, 3.05) is 6.61 Å². The average molecular weight is 1150 g/mol. The summed E-state index contributed by atoms with van der Waals surface area (Å²) in [5.41, 5.74) is -13.6. The highest BCUT2D eigenvalue weighted by Gasteiger charge is 2.52. The van der Waals surface area contributed by atoms with Crippen LogP contribution in [0.15, 0.2) is 49.1 Å². The number of ether oxygens (including phenoxy) is 1. The molecule has 0 saturated heterocycles. The Morgan fingerprint density at radius 3 is 0.911 bits per heavy atom. The lowest BCUT2D eigenvalue weighted by Gasteiger charge is -2.44. The van der Waals surface area contributed by atoms with Gasteiger partial charge >= 0.3 is 0 Å². The molecule has 79 heavy (non-hydrogen) atoms. The number of nitrogens with zero attached hydrogens (tertiary/aromatic N) is 2. The third kappa shape index (κ3) is 13.7. The molecule has 0 fully saturated rings. The summed E-state index contributed by atoms with van der Waals surface area (Å²) in [6, 6.07) is 7.51. The molecule has 0 amide bonds. The van der Waals surface area contributed by atoms with E-state index in [-0.39, 0.29) is 5.78 Å². The number of hydrogen-bond acceptors (Lipinski definition) is 3.